The minimum atomic E-state index is -3.95. The van der Waals surface area contributed by atoms with E-state index in [0.717, 1.165) is 17.7 Å². The lowest BCUT2D eigenvalue weighted by Crippen LogP contribution is -2.50. The number of carbonyl (C=O) groups excluding carboxylic acids is 1. The van der Waals surface area contributed by atoms with Crippen LogP contribution in [0.1, 0.15) is 18.4 Å². The second kappa shape index (κ2) is 9.47. The largest absolute Gasteiger partial charge is 0.339 e. The predicted octanol–water partition coefficient (Wildman–Crippen LogP) is 2.05. The lowest BCUT2D eigenvalue weighted by Gasteiger charge is -2.31. The van der Waals surface area contributed by atoms with E-state index in [1.807, 2.05) is 37.3 Å². The van der Waals surface area contributed by atoms with Crippen molar-refractivity contribution in [2.75, 3.05) is 39.3 Å². The van der Waals surface area contributed by atoms with Crippen molar-refractivity contribution in [3.05, 3.63) is 66.0 Å². The standard InChI is InChI=1S/C21H26FN3O3S/c1-17(18-5-3-2-4-6-18)15-25(16-21(26)24-13-11-23-12-14-24)29(27,28)20-9-7-19(22)8-10-20/h2-10,17,23H,11-16H2,1H3. The Kier molecular flexibility index (Phi) is 7.00. The van der Waals surface area contributed by atoms with Gasteiger partial charge in [0.15, 0.2) is 0 Å². The number of hydrogen-bond acceptors (Lipinski definition) is 4. The number of halogens is 1. The first-order valence-electron chi connectivity index (χ1n) is 9.67. The maximum absolute atomic E-state index is 13.3. The van der Waals surface area contributed by atoms with Crippen molar-refractivity contribution in [3.8, 4) is 0 Å². The molecule has 0 radical (unpaired) electrons. The van der Waals surface area contributed by atoms with Crippen molar-refractivity contribution in [1.29, 1.82) is 0 Å². The summed E-state index contributed by atoms with van der Waals surface area (Å²) in [7, 11) is -3.95. The zero-order valence-electron chi connectivity index (χ0n) is 16.4. The molecule has 0 bridgehead atoms. The van der Waals surface area contributed by atoms with Crippen molar-refractivity contribution in [1.82, 2.24) is 14.5 Å². The van der Waals surface area contributed by atoms with E-state index in [-0.39, 0.29) is 29.8 Å². The quantitative estimate of drug-likeness (QED) is 0.746. The number of amides is 1. The van der Waals surface area contributed by atoms with Crippen LogP contribution in [0.3, 0.4) is 0 Å². The van der Waals surface area contributed by atoms with E-state index in [1.54, 1.807) is 4.90 Å². The SMILES string of the molecule is CC(CN(CC(=O)N1CCNCC1)S(=O)(=O)c1ccc(F)cc1)c1ccccc1. The molecular weight excluding hydrogens is 393 g/mol. The van der Waals surface area contributed by atoms with E-state index in [0.29, 0.717) is 26.2 Å². The molecule has 29 heavy (non-hydrogen) atoms. The first kappa shape index (κ1) is 21.4. The van der Waals surface area contributed by atoms with E-state index >= 15 is 0 Å². The van der Waals surface area contributed by atoms with E-state index in [9.17, 15) is 17.6 Å². The number of nitrogens with zero attached hydrogens (tertiary/aromatic N) is 2. The number of carbonyl (C=O) groups is 1. The molecule has 1 fully saturated rings. The summed E-state index contributed by atoms with van der Waals surface area (Å²) in [6.45, 7) is 4.33. The van der Waals surface area contributed by atoms with Gasteiger partial charge in [-0.1, -0.05) is 37.3 Å². The summed E-state index contributed by atoms with van der Waals surface area (Å²) in [6, 6.07) is 14.3. The lowest BCUT2D eigenvalue weighted by molar-refractivity contribution is -0.132. The molecular formula is C21H26FN3O3S. The van der Waals surface area contributed by atoms with Crippen molar-refractivity contribution in [2.24, 2.45) is 0 Å². The van der Waals surface area contributed by atoms with E-state index in [1.165, 1.54) is 16.4 Å². The summed E-state index contributed by atoms with van der Waals surface area (Å²) in [4.78, 5) is 14.4. The van der Waals surface area contributed by atoms with Gasteiger partial charge in [0.1, 0.15) is 5.82 Å². The predicted molar refractivity (Wildman–Crippen MR) is 109 cm³/mol. The molecule has 2 aromatic rings. The highest BCUT2D eigenvalue weighted by Gasteiger charge is 2.30. The Morgan fingerprint density at radius 3 is 2.34 bits per heavy atom. The molecule has 156 valence electrons. The molecule has 0 aliphatic carbocycles. The Hall–Kier alpha value is -2.29. The van der Waals surface area contributed by atoms with Gasteiger partial charge in [-0.2, -0.15) is 4.31 Å². The summed E-state index contributed by atoms with van der Waals surface area (Å²) in [5.74, 6) is -0.843. The average molecular weight is 420 g/mol. The highest BCUT2D eigenvalue weighted by Crippen LogP contribution is 2.22. The Morgan fingerprint density at radius 1 is 1.10 bits per heavy atom. The molecule has 1 aliphatic heterocycles. The number of nitrogens with one attached hydrogen (secondary N) is 1. The number of sulfonamides is 1. The molecule has 1 atom stereocenters. The average Bonchev–Trinajstić information content (AvgIpc) is 2.74. The van der Waals surface area contributed by atoms with Crippen LogP contribution in [0.15, 0.2) is 59.5 Å². The number of benzene rings is 2. The van der Waals surface area contributed by atoms with Crippen LogP contribution in [-0.4, -0.2) is 62.8 Å². The van der Waals surface area contributed by atoms with Crippen molar-refractivity contribution in [2.45, 2.75) is 17.7 Å². The van der Waals surface area contributed by atoms with Gasteiger partial charge in [-0.25, -0.2) is 12.8 Å². The Morgan fingerprint density at radius 2 is 1.72 bits per heavy atom. The highest BCUT2D eigenvalue weighted by molar-refractivity contribution is 7.89. The first-order chi connectivity index (χ1) is 13.9. The summed E-state index contributed by atoms with van der Waals surface area (Å²) < 4.78 is 41.0. The smallest absolute Gasteiger partial charge is 0.243 e. The molecule has 1 saturated heterocycles. The van der Waals surface area contributed by atoms with Crippen LogP contribution in [0.25, 0.3) is 0 Å². The van der Waals surface area contributed by atoms with Crippen LogP contribution >= 0.6 is 0 Å². The third-order valence-corrected chi connectivity index (χ3v) is 6.90. The first-order valence-corrected chi connectivity index (χ1v) is 11.1. The Bertz CT molecular complexity index is 914. The fourth-order valence-electron chi connectivity index (χ4n) is 3.36. The van der Waals surface area contributed by atoms with E-state index < -0.39 is 15.8 Å². The molecule has 1 unspecified atom stereocenters. The van der Waals surface area contributed by atoms with Crippen LogP contribution in [0.4, 0.5) is 4.39 Å². The highest BCUT2D eigenvalue weighted by atomic mass is 32.2. The monoisotopic (exact) mass is 419 g/mol. The third-order valence-electron chi connectivity index (χ3n) is 5.08. The molecule has 1 aliphatic rings. The van der Waals surface area contributed by atoms with Gasteiger partial charge in [-0.15, -0.1) is 0 Å². The van der Waals surface area contributed by atoms with Crippen LogP contribution in [0.5, 0.6) is 0 Å². The van der Waals surface area contributed by atoms with Crippen LogP contribution in [-0.2, 0) is 14.8 Å². The van der Waals surface area contributed by atoms with Gasteiger partial charge < -0.3 is 10.2 Å². The summed E-state index contributed by atoms with van der Waals surface area (Å²) >= 11 is 0. The maximum Gasteiger partial charge on any atom is 0.243 e. The zero-order valence-corrected chi connectivity index (χ0v) is 17.2. The molecule has 1 N–H and O–H groups in total. The molecule has 1 amide bonds. The molecule has 2 aromatic carbocycles. The Balaban J connectivity index is 1.85. The summed E-state index contributed by atoms with van der Waals surface area (Å²) in [5.41, 5.74) is 0.987. The molecule has 0 saturated carbocycles. The number of hydrogen-bond donors (Lipinski definition) is 1. The Labute approximate surface area is 171 Å². The second-order valence-electron chi connectivity index (χ2n) is 7.19. The molecule has 1 heterocycles. The van der Waals surface area contributed by atoms with Gasteiger partial charge in [0.25, 0.3) is 0 Å². The molecule has 0 aromatic heterocycles. The van der Waals surface area contributed by atoms with Crippen LogP contribution in [0, 0.1) is 5.82 Å². The van der Waals surface area contributed by atoms with Gasteiger partial charge in [0.05, 0.1) is 11.4 Å². The number of rotatable bonds is 7. The second-order valence-corrected chi connectivity index (χ2v) is 9.13. The van der Waals surface area contributed by atoms with Crippen LogP contribution in [0.2, 0.25) is 0 Å². The fourth-order valence-corrected chi connectivity index (χ4v) is 4.84. The van der Waals surface area contributed by atoms with Gasteiger partial charge in [0, 0.05) is 32.7 Å². The van der Waals surface area contributed by atoms with Crippen molar-refractivity contribution in [3.63, 3.8) is 0 Å². The van der Waals surface area contributed by atoms with Gasteiger partial charge in [-0.3, -0.25) is 4.79 Å². The normalized spacial score (nSPS) is 16.0. The van der Waals surface area contributed by atoms with Gasteiger partial charge in [0.2, 0.25) is 15.9 Å². The summed E-state index contributed by atoms with van der Waals surface area (Å²) in [5, 5.41) is 3.18. The minimum absolute atomic E-state index is 0.0210. The molecule has 0 spiro atoms. The third kappa shape index (κ3) is 5.41. The molecule has 6 nitrogen and oxygen atoms in total. The summed E-state index contributed by atoms with van der Waals surface area (Å²) in [6.07, 6.45) is 0. The lowest BCUT2D eigenvalue weighted by atomic mass is 10.0. The topological polar surface area (TPSA) is 69.7 Å². The molecule has 3 rings (SSSR count). The van der Waals surface area contributed by atoms with Crippen molar-refractivity contribution < 1.29 is 17.6 Å². The maximum atomic E-state index is 13.3. The van der Waals surface area contributed by atoms with Gasteiger partial charge >= 0.3 is 0 Å². The zero-order chi connectivity index (χ0) is 20.9. The number of piperazine rings is 1. The van der Waals surface area contributed by atoms with Crippen LogP contribution < -0.4 is 5.32 Å². The van der Waals surface area contributed by atoms with Gasteiger partial charge in [-0.05, 0) is 35.7 Å². The van der Waals surface area contributed by atoms with Crippen molar-refractivity contribution >= 4 is 15.9 Å². The minimum Gasteiger partial charge on any atom is -0.339 e. The molecule has 8 heteroatoms. The fraction of sp³-hybridized carbons (Fsp3) is 0.381. The van der Waals surface area contributed by atoms with E-state index in [2.05, 4.69) is 5.32 Å². The van der Waals surface area contributed by atoms with E-state index in [4.69, 9.17) is 0 Å².